The maximum Gasteiger partial charge on any atom is 0.299 e. The number of nitrogens with zero attached hydrogens (tertiary/aromatic N) is 2. The van der Waals surface area contributed by atoms with Gasteiger partial charge in [0.25, 0.3) is 11.4 Å². The molecule has 1 saturated carbocycles. The highest BCUT2D eigenvalue weighted by Crippen LogP contribution is 2.34. The van der Waals surface area contributed by atoms with E-state index in [0.717, 1.165) is 12.1 Å². The van der Waals surface area contributed by atoms with Crippen LogP contribution >= 0.6 is 0 Å². The van der Waals surface area contributed by atoms with E-state index < -0.39 is 45.4 Å². The molecule has 120 valence electrons. The Balaban J connectivity index is 2.26. The number of nitro benzene ring substituents is 2. The average Bonchev–Trinajstić information content (AvgIpc) is 2.75. The van der Waals surface area contributed by atoms with Gasteiger partial charge in [-0.3, -0.25) is 20.2 Å². The molecule has 1 aromatic carbocycles. The number of nitro groups is 2. The molecule has 1 aromatic rings. The largest absolute Gasteiger partial charge is 0.396 e. The molecule has 0 aromatic heterocycles. The predicted octanol–water partition coefficient (Wildman–Crippen LogP) is 0.0175. The number of benzene rings is 1. The van der Waals surface area contributed by atoms with Crippen molar-refractivity contribution in [3.63, 3.8) is 0 Å². The van der Waals surface area contributed by atoms with Gasteiger partial charge in [-0.2, -0.15) is 0 Å². The molecular weight excluding hydrogens is 298 g/mol. The van der Waals surface area contributed by atoms with Crippen molar-refractivity contribution < 1.29 is 25.2 Å². The van der Waals surface area contributed by atoms with E-state index in [0.29, 0.717) is 0 Å². The second-order valence-corrected chi connectivity index (χ2v) is 5.13. The van der Waals surface area contributed by atoms with Gasteiger partial charge in [-0.05, 0) is 12.5 Å². The number of anilines is 1. The second kappa shape index (κ2) is 6.22. The molecule has 2 rings (SSSR count). The first-order chi connectivity index (χ1) is 10.3. The zero-order chi connectivity index (χ0) is 16.4. The molecule has 1 aliphatic carbocycles. The summed E-state index contributed by atoms with van der Waals surface area (Å²) in [6.07, 6.45) is -2.13. The summed E-state index contributed by atoms with van der Waals surface area (Å²) in [5.41, 5.74) is -0.911. The van der Waals surface area contributed by atoms with Gasteiger partial charge in [0.05, 0.1) is 28.1 Å². The van der Waals surface area contributed by atoms with Gasteiger partial charge in [0.15, 0.2) is 0 Å². The Morgan fingerprint density at radius 1 is 1.18 bits per heavy atom. The fourth-order valence-electron chi connectivity index (χ4n) is 2.56. The summed E-state index contributed by atoms with van der Waals surface area (Å²) < 4.78 is 0. The van der Waals surface area contributed by atoms with E-state index >= 15 is 0 Å². The lowest BCUT2D eigenvalue weighted by molar-refractivity contribution is -0.393. The van der Waals surface area contributed by atoms with Gasteiger partial charge in [-0.1, -0.05) is 0 Å². The maximum absolute atomic E-state index is 11.0. The minimum atomic E-state index is -1.20. The van der Waals surface area contributed by atoms with E-state index in [2.05, 4.69) is 5.32 Å². The number of nitrogens with one attached hydrogen (secondary N) is 1. The molecule has 0 bridgehead atoms. The molecule has 0 unspecified atom stereocenters. The minimum absolute atomic E-state index is 0.00504. The first kappa shape index (κ1) is 16.1. The number of hydrogen-bond donors (Lipinski definition) is 4. The van der Waals surface area contributed by atoms with Crippen LogP contribution in [-0.2, 0) is 0 Å². The van der Waals surface area contributed by atoms with Crippen LogP contribution in [0.2, 0.25) is 0 Å². The van der Waals surface area contributed by atoms with Crippen LogP contribution < -0.4 is 5.32 Å². The van der Waals surface area contributed by atoms with Gasteiger partial charge in [-0.25, -0.2) is 0 Å². The summed E-state index contributed by atoms with van der Waals surface area (Å²) in [6, 6.07) is 2.41. The highest BCUT2D eigenvalue weighted by Gasteiger charge is 2.41. The Morgan fingerprint density at radius 3 is 2.36 bits per heavy atom. The molecule has 0 amide bonds. The van der Waals surface area contributed by atoms with Crippen molar-refractivity contribution in [3.05, 3.63) is 38.4 Å². The third-order valence-electron chi connectivity index (χ3n) is 3.77. The van der Waals surface area contributed by atoms with E-state index in [1.165, 1.54) is 6.07 Å². The zero-order valence-electron chi connectivity index (χ0n) is 11.3. The Bertz CT molecular complexity index is 594. The summed E-state index contributed by atoms with van der Waals surface area (Å²) in [4.78, 5) is 20.2. The molecule has 10 heteroatoms. The molecular formula is C12H15N3O7. The van der Waals surface area contributed by atoms with E-state index in [-0.39, 0.29) is 18.7 Å². The highest BCUT2D eigenvalue weighted by molar-refractivity contribution is 5.65. The third-order valence-corrected chi connectivity index (χ3v) is 3.77. The van der Waals surface area contributed by atoms with Crippen LogP contribution in [0.4, 0.5) is 17.1 Å². The van der Waals surface area contributed by atoms with Crippen LogP contribution in [0.15, 0.2) is 18.2 Å². The topological polar surface area (TPSA) is 159 Å². The van der Waals surface area contributed by atoms with Crippen LogP contribution in [0.3, 0.4) is 0 Å². The number of aliphatic hydroxyl groups is 3. The van der Waals surface area contributed by atoms with E-state index in [1.807, 2.05) is 0 Å². The Hall–Kier alpha value is -2.30. The molecule has 1 aliphatic rings. The van der Waals surface area contributed by atoms with Crippen LogP contribution in [0.1, 0.15) is 6.42 Å². The predicted molar refractivity (Wildman–Crippen MR) is 74.4 cm³/mol. The van der Waals surface area contributed by atoms with Crippen molar-refractivity contribution >= 4 is 17.1 Å². The molecule has 10 nitrogen and oxygen atoms in total. The summed E-state index contributed by atoms with van der Waals surface area (Å²) in [6.45, 7) is -0.321. The lowest BCUT2D eigenvalue weighted by Crippen LogP contribution is -2.35. The van der Waals surface area contributed by atoms with Gasteiger partial charge in [-0.15, -0.1) is 0 Å². The monoisotopic (exact) mass is 313 g/mol. The zero-order valence-corrected chi connectivity index (χ0v) is 11.3. The third kappa shape index (κ3) is 2.98. The van der Waals surface area contributed by atoms with Gasteiger partial charge in [0.1, 0.15) is 11.8 Å². The van der Waals surface area contributed by atoms with E-state index in [4.69, 9.17) is 5.11 Å². The Kier molecular flexibility index (Phi) is 4.54. The lowest BCUT2D eigenvalue weighted by atomic mass is 10.1. The summed E-state index contributed by atoms with van der Waals surface area (Å²) in [5, 5.41) is 53.1. The second-order valence-electron chi connectivity index (χ2n) is 5.13. The number of rotatable bonds is 5. The Morgan fingerprint density at radius 2 is 1.86 bits per heavy atom. The molecule has 0 saturated heterocycles. The molecule has 0 radical (unpaired) electrons. The van der Waals surface area contributed by atoms with Gasteiger partial charge in [0, 0.05) is 18.6 Å². The fraction of sp³-hybridized carbons (Fsp3) is 0.500. The number of non-ortho nitro benzene ring substituents is 1. The van der Waals surface area contributed by atoms with Gasteiger partial charge in [0.2, 0.25) is 0 Å². The maximum atomic E-state index is 11.0. The molecule has 0 aliphatic heterocycles. The summed E-state index contributed by atoms with van der Waals surface area (Å²) in [7, 11) is 0. The average molecular weight is 313 g/mol. The van der Waals surface area contributed by atoms with Crippen molar-refractivity contribution in [3.8, 4) is 0 Å². The van der Waals surface area contributed by atoms with Gasteiger partial charge < -0.3 is 20.6 Å². The molecule has 1 fully saturated rings. The quantitative estimate of drug-likeness (QED) is 0.437. The first-order valence-corrected chi connectivity index (χ1v) is 6.51. The molecule has 0 spiro atoms. The fourth-order valence-corrected chi connectivity index (χ4v) is 2.56. The molecule has 4 atom stereocenters. The van der Waals surface area contributed by atoms with Crippen molar-refractivity contribution in [1.82, 2.24) is 0 Å². The van der Waals surface area contributed by atoms with Gasteiger partial charge >= 0.3 is 0 Å². The number of aliphatic hydroxyl groups excluding tert-OH is 3. The Labute approximate surface area is 124 Å². The minimum Gasteiger partial charge on any atom is -0.396 e. The van der Waals surface area contributed by atoms with Crippen LogP contribution in [-0.4, -0.2) is 50.0 Å². The molecule has 4 N–H and O–H groups in total. The molecule has 0 heterocycles. The summed E-state index contributed by atoms with van der Waals surface area (Å²) in [5.74, 6) is -0.537. The van der Waals surface area contributed by atoms with Crippen LogP contribution in [0.5, 0.6) is 0 Å². The molecule has 22 heavy (non-hydrogen) atoms. The van der Waals surface area contributed by atoms with Crippen LogP contribution in [0.25, 0.3) is 0 Å². The van der Waals surface area contributed by atoms with Crippen molar-refractivity contribution in [1.29, 1.82) is 0 Å². The SMILES string of the molecule is O=[N+]([O-])c1ccc(N[C@@H]2C[C@H](CO)[C@@H](O)[C@@H]2O)c([N+](=O)[O-])c1. The number of hydrogen-bond acceptors (Lipinski definition) is 8. The normalized spacial score (nSPS) is 27.6. The van der Waals surface area contributed by atoms with E-state index in [1.54, 1.807) is 0 Å². The highest BCUT2D eigenvalue weighted by atomic mass is 16.6. The van der Waals surface area contributed by atoms with Crippen molar-refractivity contribution in [2.24, 2.45) is 5.92 Å². The first-order valence-electron chi connectivity index (χ1n) is 6.51. The standard InChI is InChI=1S/C12H15N3O7/c16-5-6-3-9(12(18)11(6)17)13-8-2-1-7(14(19)20)4-10(8)15(21)22/h1-2,4,6,9,11-13,16-18H,3,5H2/t6-,9-,11-,12-/m1/s1. The van der Waals surface area contributed by atoms with Crippen molar-refractivity contribution in [2.75, 3.05) is 11.9 Å². The smallest absolute Gasteiger partial charge is 0.299 e. The summed E-state index contributed by atoms with van der Waals surface area (Å²) >= 11 is 0. The van der Waals surface area contributed by atoms with E-state index in [9.17, 15) is 30.4 Å². The van der Waals surface area contributed by atoms with Crippen LogP contribution in [0, 0.1) is 26.1 Å². The lowest BCUT2D eigenvalue weighted by Gasteiger charge is -2.19. The van der Waals surface area contributed by atoms with Crippen molar-refractivity contribution in [2.45, 2.75) is 24.7 Å².